The molecule has 0 aliphatic carbocycles. The van der Waals surface area contributed by atoms with Gasteiger partial charge < -0.3 is 11.1 Å². The summed E-state index contributed by atoms with van der Waals surface area (Å²) in [5.74, 6) is -0.255. The van der Waals surface area contributed by atoms with Gasteiger partial charge in [0.25, 0.3) is 0 Å². The molecule has 3 N–H and O–H groups in total. The second-order valence-electron chi connectivity index (χ2n) is 3.53. The zero-order valence-electron chi connectivity index (χ0n) is 9.11. The van der Waals surface area contributed by atoms with Crippen molar-refractivity contribution in [3.8, 4) is 6.07 Å². The molecule has 0 spiro atoms. The van der Waals surface area contributed by atoms with Gasteiger partial charge in [0.2, 0.25) is 0 Å². The first-order chi connectivity index (χ1) is 8.60. The lowest BCUT2D eigenvalue weighted by Gasteiger charge is -2.08. The summed E-state index contributed by atoms with van der Waals surface area (Å²) in [6.07, 6.45) is 1.38. The normalized spacial score (nSPS) is 9.83. The van der Waals surface area contributed by atoms with Gasteiger partial charge in [0.15, 0.2) is 0 Å². The van der Waals surface area contributed by atoms with Crippen molar-refractivity contribution < 1.29 is 4.39 Å². The van der Waals surface area contributed by atoms with Gasteiger partial charge in [0, 0.05) is 5.02 Å². The minimum absolute atomic E-state index is 0.149. The molecule has 0 bridgehead atoms. The third-order valence-corrected chi connectivity index (χ3v) is 2.45. The van der Waals surface area contributed by atoms with Gasteiger partial charge >= 0.3 is 0 Å². The van der Waals surface area contributed by atoms with E-state index < -0.39 is 5.82 Å². The van der Waals surface area contributed by atoms with E-state index in [1.165, 1.54) is 30.5 Å². The molecule has 4 nitrogen and oxygen atoms in total. The Balaban J connectivity index is 2.40. The summed E-state index contributed by atoms with van der Waals surface area (Å²) in [4.78, 5) is 3.95. The maximum absolute atomic E-state index is 13.5. The average Bonchev–Trinajstić information content (AvgIpc) is 2.36. The predicted octanol–water partition coefficient (Wildman–Crippen LogP) is 3.07. The van der Waals surface area contributed by atoms with Crippen LogP contribution in [0.3, 0.4) is 0 Å². The Morgan fingerprint density at radius 1 is 1.39 bits per heavy atom. The first-order valence-electron chi connectivity index (χ1n) is 4.98. The van der Waals surface area contributed by atoms with E-state index in [-0.39, 0.29) is 17.1 Å². The van der Waals surface area contributed by atoms with Crippen LogP contribution >= 0.6 is 11.6 Å². The molecular formula is C12H8ClFN4. The molecule has 0 aliphatic heterocycles. The summed E-state index contributed by atoms with van der Waals surface area (Å²) in [6, 6.07) is 7.46. The van der Waals surface area contributed by atoms with Crippen molar-refractivity contribution >= 4 is 28.8 Å². The molecular weight excluding hydrogens is 255 g/mol. The van der Waals surface area contributed by atoms with Crippen molar-refractivity contribution in [2.45, 2.75) is 0 Å². The average molecular weight is 263 g/mol. The highest BCUT2D eigenvalue weighted by Crippen LogP contribution is 2.24. The SMILES string of the molecule is N#Cc1cc(N)cnc1Nc1cc(Cl)ccc1F. The van der Waals surface area contributed by atoms with Gasteiger partial charge in [-0.1, -0.05) is 11.6 Å². The number of pyridine rings is 1. The summed E-state index contributed by atoms with van der Waals surface area (Å²) < 4.78 is 13.5. The van der Waals surface area contributed by atoms with E-state index in [4.69, 9.17) is 22.6 Å². The van der Waals surface area contributed by atoms with E-state index >= 15 is 0 Å². The fourth-order valence-corrected chi connectivity index (χ4v) is 1.56. The van der Waals surface area contributed by atoms with Gasteiger partial charge in [-0.2, -0.15) is 5.26 Å². The van der Waals surface area contributed by atoms with Gasteiger partial charge in [-0.05, 0) is 24.3 Å². The third-order valence-electron chi connectivity index (χ3n) is 2.21. The molecule has 90 valence electrons. The van der Waals surface area contributed by atoms with Crippen molar-refractivity contribution in [1.82, 2.24) is 4.98 Å². The van der Waals surface area contributed by atoms with E-state index in [0.717, 1.165) is 0 Å². The molecule has 0 amide bonds. The highest BCUT2D eigenvalue weighted by molar-refractivity contribution is 6.30. The number of aromatic nitrogens is 1. The summed E-state index contributed by atoms with van der Waals surface area (Å²) in [6.45, 7) is 0. The minimum atomic E-state index is -0.484. The molecule has 0 saturated carbocycles. The first kappa shape index (κ1) is 12.1. The quantitative estimate of drug-likeness (QED) is 0.872. The number of nitrogens with zero attached hydrogens (tertiary/aromatic N) is 2. The van der Waals surface area contributed by atoms with Crippen LogP contribution in [0.25, 0.3) is 0 Å². The number of hydrogen-bond donors (Lipinski definition) is 2. The van der Waals surface area contributed by atoms with Crippen LogP contribution in [0.5, 0.6) is 0 Å². The van der Waals surface area contributed by atoms with Gasteiger partial charge in [0.1, 0.15) is 17.7 Å². The highest BCUT2D eigenvalue weighted by atomic mass is 35.5. The molecule has 0 atom stereocenters. The molecule has 2 aromatic rings. The Labute approximate surface area is 108 Å². The van der Waals surface area contributed by atoms with E-state index in [0.29, 0.717) is 10.7 Å². The molecule has 2 rings (SSSR count). The summed E-state index contributed by atoms with van der Waals surface area (Å²) in [5, 5.41) is 12.0. The Bertz CT molecular complexity index is 636. The molecule has 18 heavy (non-hydrogen) atoms. The maximum atomic E-state index is 13.5. The van der Waals surface area contributed by atoms with Crippen molar-refractivity contribution in [1.29, 1.82) is 5.26 Å². The van der Waals surface area contributed by atoms with Crippen LogP contribution < -0.4 is 11.1 Å². The number of hydrogen-bond acceptors (Lipinski definition) is 4. The topological polar surface area (TPSA) is 74.7 Å². The fourth-order valence-electron chi connectivity index (χ4n) is 1.39. The standard InChI is InChI=1S/C12H8ClFN4/c13-8-1-2-10(14)11(4-8)18-12-7(5-15)3-9(16)6-17-12/h1-4,6H,16H2,(H,17,18). The van der Waals surface area contributed by atoms with Gasteiger partial charge in [-0.25, -0.2) is 9.37 Å². The molecule has 6 heteroatoms. The fraction of sp³-hybridized carbons (Fsp3) is 0. The lowest BCUT2D eigenvalue weighted by atomic mass is 10.2. The lowest BCUT2D eigenvalue weighted by molar-refractivity contribution is 0.632. The number of anilines is 3. The van der Waals surface area contributed by atoms with Crippen LogP contribution in [-0.2, 0) is 0 Å². The molecule has 0 unspecified atom stereocenters. The monoisotopic (exact) mass is 262 g/mol. The third kappa shape index (κ3) is 2.50. The molecule has 1 aromatic carbocycles. The van der Waals surface area contributed by atoms with Crippen molar-refractivity contribution in [3.05, 3.63) is 46.9 Å². The number of nitrogen functional groups attached to an aromatic ring is 1. The summed E-state index contributed by atoms with van der Waals surface area (Å²) >= 11 is 5.77. The van der Waals surface area contributed by atoms with Gasteiger partial charge in [0.05, 0.1) is 23.1 Å². The molecule has 0 aliphatic rings. The Kier molecular flexibility index (Phi) is 3.31. The van der Waals surface area contributed by atoms with Crippen LogP contribution in [0.2, 0.25) is 5.02 Å². The number of nitrogens with one attached hydrogen (secondary N) is 1. The Hall–Kier alpha value is -2.32. The highest BCUT2D eigenvalue weighted by Gasteiger charge is 2.08. The Morgan fingerprint density at radius 3 is 2.89 bits per heavy atom. The molecule has 1 heterocycles. The molecule has 1 aromatic heterocycles. The van der Waals surface area contributed by atoms with E-state index in [2.05, 4.69) is 10.3 Å². The first-order valence-corrected chi connectivity index (χ1v) is 5.35. The van der Waals surface area contributed by atoms with Crippen molar-refractivity contribution in [3.63, 3.8) is 0 Å². The van der Waals surface area contributed by atoms with Crippen LogP contribution in [0.15, 0.2) is 30.5 Å². The molecule has 0 saturated heterocycles. The largest absolute Gasteiger partial charge is 0.397 e. The minimum Gasteiger partial charge on any atom is -0.397 e. The number of nitrogens with two attached hydrogens (primary N) is 1. The maximum Gasteiger partial charge on any atom is 0.148 e. The lowest BCUT2D eigenvalue weighted by Crippen LogP contribution is -2.00. The second-order valence-corrected chi connectivity index (χ2v) is 3.96. The van der Waals surface area contributed by atoms with Crippen LogP contribution in [0, 0.1) is 17.1 Å². The van der Waals surface area contributed by atoms with Gasteiger partial charge in [-0.3, -0.25) is 0 Å². The van der Waals surface area contributed by atoms with E-state index in [1.54, 1.807) is 0 Å². The van der Waals surface area contributed by atoms with Crippen molar-refractivity contribution in [2.75, 3.05) is 11.1 Å². The van der Waals surface area contributed by atoms with E-state index in [9.17, 15) is 4.39 Å². The van der Waals surface area contributed by atoms with Crippen molar-refractivity contribution in [2.24, 2.45) is 0 Å². The number of rotatable bonds is 2. The number of nitriles is 1. The molecule has 0 fully saturated rings. The summed E-state index contributed by atoms with van der Waals surface area (Å²) in [7, 11) is 0. The van der Waals surface area contributed by atoms with Gasteiger partial charge in [-0.15, -0.1) is 0 Å². The van der Waals surface area contributed by atoms with Crippen LogP contribution in [0.4, 0.5) is 21.6 Å². The van der Waals surface area contributed by atoms with Crippen LogP contribution in [0.1, 0.15) is 5.56 Å². The zero-order chi connectivity index (χ0) is 13.1. The smallest absolute Gasteiger partial charge is 0.148 e. The van der Waals surface area contributed by atoms with Crippen LogP contribution in [-0.4, -0.2) is 4.98 Å². The zero-order valence-corrected chi connectivity index (χ0v) is 9.87. The second kappa shape index (κ2) is 4.90. The number of halogens is 2. The molecule has 0 radical (unpaired) electrons. The summed E-state index contributed by atoms with van der Waals surface area (Å²) in [5.41, 5.74) is 6.26. The van der Waals surface area contributed by atoms with E-state index in [1.807, 2.05) is 6.07 Å². The predicted molar refractivity (Wildman–Crippen MR) is 68.1 cm³/mol. The Morgan fingerprint density at radius 2 is 2.17 bits per heavy atom. The number of benzene rings is 1.